The number of aliphatic hydroxyl groups excluding tert-OH is 1. The van der Waals surface area contributed by atoms with E-state index >= 15 is 0 Å². The third-order valence-corrected chi connectivity index (χ3v) is 3.79. The topological polar surface area (TPSA) is 86.2 Å². The maximum absolute atomic E-state index is 9.10. The molecule has 1 fully saturated rings. The molecule has 0 bridgehead atoms. The number of anilines is 1. The van der Waals surface area contributed by atoms with Crippen LogP contribution in [0.25, 0.3) is 11.0 Å². The monoisotopic (exact) mass is 312 g/mol. The van der Waals surface area contributed by atoms with Gasteiger partial charge in [0.2, 0.25) is 0 Å². The molecule has 2 atom stereocenters. The highest BCUT2D eigenvalue weighted by Gasteiger charge is 2.28. The number of nitrogens with two attached hydrogens (primary N) is 1. The fraction of sp³-hybridized carbons (Fsp3) is 0.455. The second-order valence-electron chi connectivity index (χ2n) is 4.31. The van der Waals surface area contributed by atoms with E-state index in [4.69, 9.17) is 15.6 Å². The van der Waals surface area contributed by atoms with Crippen LogP contribution in [0, 0.1) is 0 Å². The van der Waals surface area contributed by atoms with Crippen molar-refractivity contribution in [3.63, 3.8) is 0 Å². The molecule has 3 heterocycles. The smallest absolute Gasteiger partial charge is 0.148 e. The lowest BCUT2D eigenvalue weighted by Crippen LogP contribution is -2.14. The first-order valence-corrected chi connectivity index (χ1v) is 6.53. The van der Waals surface area contributed by atoms with Crippen molar-refractivity contribution in [2.75, 3.05) is 12.3 Å². The molecule has 0 saturated carbocycles. The van der Waals surface area contributed by atoms with Crippen LogP contribution >= 0.6 is 15.9 Å². The Morgan fingerprint density at radius 3 is 3.06 bits per heavy atom. The lowest BCUT2D eigenvalue weighted by molar-refractivity contribution is -0.0205. The van der Waals surface area contributed by atoms with E-state index in [9.17, 15) is 0 Å². The van der Waals surface area contributed by atoms with Crippen LogP contribution in [-0.2, 0) is 4.74 Å². The van der Waals surface area contributed by atoms with E-state index in [1.165, 1.54) is 6.33 Å². The molecule has 3 rings (SSSR count). The molecule has 2 aromatic heterocycles. The average molecular weight is 313 g/mol. The standard InChI is InChI=1S/C11H13BrN4O2/c12-7-3-16(8-2-1-6(4-17)18-8)11-9(7)10(13)14-5-15-11/h3,5-6,8,17H,1-2,4H2,(H2,13,14,15)/t6-,8+/m0/s1. The van der Waals surface area contributed by atoms with Gasteiger partial charge in [0.15, 0.2) is 0 Å². The normalized spacial score (nSPS) is 23.9. The fourth-order valence-corrected chi connectivity index (χ4v) is 2.91. The SMILES string of the molecule is Nc1ncnc2c1c(Br)cn2[C@H]1CC[C@@H](CO)O1. The highest BCUT2D eigenvalue weighted by atomic mass is 79.9. The summed E-state index contributed by atoms with van der Waals surface area (Å²) in [4.78, 5) is 8.24. The molecule has 7 heteroatoms. The number of hydrogen-bond donors (Lipinski definition) is 2. The van der Waals surface area contributed by atoms with Gasteiger partial charge in [0.1, 0.15) is 24.0 Å². The van der Waals surface area contributed by atoms with E-state index in [-0.39, 0.29) is 18.9 Å². The van der Waals surface area contributed by atoms with Crippen molar-refractivity contribution in [1.82, 2.24) is 14.5 Å². The maximum atomic E-state index is 9.10. The second kappa shape index (κ2) is 4.49. The van der Waals surface area contributed by atoms with E-state index in [1.54, 1.807) is 0 Å². The van der Waals surface area contributed by atoms with E-state index in [1.807, 2.05) is 10.8 Å². The fourth-order valence-electron chi connectivity index (χ4n) is 2.31. The minimum Gasteiger partial charge on any atom is -0.394 e. The third-order valence-electron chi connectivity index (χ3n) is 3.19. The number of hydrogen-bond acceptors (Lipinski definition) is 5. The first-order valence-electron chi connectivity index (χ1n) is 5.73. The molecule has 3 N–H and O–H groups in total. The van der Waals surface area contributed by atoms with E-state index in [0.717, 1.165) is 28.3 Å². The van der Waals surface area contributed by atoms with Crippen LogP contribution < -0.4 is 5.73 Å². The summed E-state index contributed by atoms with van der Waals surface area (Å²) < 4.78 is 8.54. The van der Waals surface area contributed by atoms with Crippen molar-refractivity contribution >= 4 is 32.8 Å². The predicted molar refractivity (Wildman–Crippen MR) is 69.9 cm³/mol. The Bertz CT molecular complexity index is 586. The van der Waals surface area contributed by atoms with Crippen LogP contribution in [0.1, 0.15) is 19.1 Å². The molecule has 0 spiro atoms. The maximum Gasteiger partial charge on any atom is 0.148 e. The predicted octanol–water partition coefficient (Wildman–Crippen LogP) is 1.45. The molecule has 0 aliphatic carbocycles. The quantitative estimate of drug-likeness (QED) is 0.876. The summed E-state index contributed by atoms with van der Waals surface area (Å²) >= 11 is 3.46. The molecule has 1 saturated heterocycles. The van der Waals surface area contributed by atoms with Gasteiger partial charge in [-0.3, -0.25) is 0 Å². The summed E-state index contributed by atoms with van der Waals surface area (Å²) in [5.74, 6) is 0.447. The van der Waals surface area contributed by atoms with E-state index in [2.05, 4.69) is 25.9 Å². The number of aromatic nitrogens is 3. The van der Waals surface area contributed by atoms with Gasteiger partial charge in [-0.15, -0.1) is 0 Å². The summed E-state index contributed by atoms with van der Waals surface area (Å²) in [7, 11) is 0. The van der Waals surface area contributed by atoms with E-state index in [0.29, 0.717) is 5.82 Å². The molecule has 2 aromatic rings. The van der Waals surface area contributed by atoms with Crippen LogP contribution in [0.4, 0.5) is 5.82 Å². The van der Waals surface area contributed by atoms with Crippen molar-refractivity contribution in [3.05, 3.63) is 17.0 Å². The molecule has 0 unspecified atom stereocenters. The van der Waals surface area contributed by atoms with Crippen LogP contribution in [0.5, 0.6) is 0 Å². The van der Waals surface area contributed by atoms with Gasteiger partial charge in [-0.2, -0.15) is 0 Å². The van der Waals surface area contributed by atoms with Gasteiger partial charge in [0, 0.05) is 10.7 Å². The molecule has 0 radical (unpaired) electrons. The summed E-state index contributed by atoms with van der Waals surface area (Å²) in [6.07, 6.45) is 4.85. The summed E-state index contributed by atoms with van der Waals surface area (Å²) in [6.45, 7) is 0.0496. The second-order valence-corrected chi connectivity index (χ2v) is 5.17. The van der Waals surface area contributed by atoms with Crippen LogP contribution in [-0.4, -0.2) is 32.4 Å². The molecule has 18 heavy (non-hydrogen) atoms. The van der Waals surface area contributed by atoms with Gasteiger partial charge in [0.05, 0.1) is 18.1 Å². The molecular weight excluding hydrogens is 300 g/mol. The van der Waals surface area contributed by atoms with Crippen LogP contribution in [0.3, 0.4) is 0 Å². The van der Waals surface area contributed by atoms with Gasteiger partial charge < -0.3 is 20.1 Å². The number of rotatable bonds is 2. The Morgan fingerprint density at radius 1 is 1.50 bits per heavy atom. The Kier molecular flexibility index (Phi) is 2.96. The highest BCUT2D eigenvalue weighted by Crippen LogP contribution is 2.35. The lowest BCUT2D eigenvalue weighted by Gasteiger charge is -2.14. The van der Waals surface area contributed by atoms with Crippen molar-refractivity contribution in [3.8, 4) is 0 Å². The number of halogens is 1. The highest BCUT2D eigenvalue weighted by molar-refractivity contribution is 9.10. The van der Waals surface area contributed by atoms with Crippen molar-refractivity contribution < 1.29 is 9.84 Å². The Balaban J connectivity index is 2.06. The number of nitrogens with zero attached hydrogens (tertiary/aromatic N) is 3. The first-order chi connectivity index (χ1) is 8.70. The molecular formula is C11H13BrN4O2. The summed E-state index contributed by atoms with van der Waals surface area (Å²) in [5.41, 5.74) is 6.60. The van der Waals surface area contributed by atoms with Crippen molar-refractivity contribution in [2.24, 2.45) is 0 Å². The molecule has 1 aliphatic heterocycles. The molecule has 6 nitrogen and oxygen atoms in total. The largest absolute Gasteiger partial charge is 0.394 e. The Labute approximate surface area is 112 Å². The number of aliphatic hydroxyl groups is 1. The molecule has 0 amide bonds. The Morgan fingerprint density at radius 2 is 2.33 bits per heavy atom. The van der Waals surface area contributed by atoms with Crippen molar-refractivity contribution in [2.45, 2.75) is 25.2 Å². The zero-order chi connectivity index (χ0) is 12.7. The van der Waals surface area contributed by atoms with Gasteiger partial charge in [-0.1, -0.05) is 0 Å². The minimum absolute atomic E-state index is 0.0496. The van der Waals surface area contributed by atoms with Gasteiger partial charge in [-0.25, -0.2) is 9.97 Å². The van der Waals surface area contributed by atoms with Crippen molar-refractivity contribution in [1.29, 1.82) is 0 Å². The van der Waals surface area contributed by atoms with Crippen LogP contribution in [0.2, 0.25) is 0 Å². The van der Waals surface area contributed by atoms with Gasteiger partial charge in [0.25, 0.3) is 0 Å². The van der Waals surface area contributed by atoms with Gasteiger partial charge in [-0.05, 0) is 28.8 Å². The lowest BCUT2D eigenvalue weighted by atomic mass is 10.2. The minimum atomic E-state index is -0.106. The third kappa shape index (κ3) is 1.79. The first kappa shape index (κ1) is 11.9. The molecule has 0 aromatic carbocycles. The van der Waals surface area contributed by atoms with E-state index < -0.39 is 0 Å². The molecule has 96 valence electrons. The average Bonchev–Trinajstić information content (AvgIpc) is 2.94. The zero-order valence-corrected chi connectivity index (χ0v) is 11.2. The summed E-state index contributed by atoms with van der Waals surface area (Å²) in [6, 6.07) is 0. The number of fused-ring (bicyclic) bond motifs is 1. The van der Waals surface area contributed by atoms with Crippen LogP contribution in [0.15, 0.2) is 17.0 Å². The Hall–Kier alpha value is -1.18. The number of nitrogen functional groups attached to an aromatic ring is 1. The zero-order valence-electron chi connectivity index (χ0n) is 9.58. The van der Waals surface area contributed by atoms with Gasteiger partial charge >= 0.3 is 0 Å². The number of ether oxygens (including phenoxy) is 1. The summed E-state index contributed by atoms with van der Waals surface area (Å²) in [5, 5.41) is 9.90. The molecule has 1 aliphatic rings.